The van der Waals surface area contributed by atoms with Gasteiger partial charge in [-0.2, -0.15) is 0 Å². The SMILES string of the molecule is CCN(N)/N=C(\NC)c1ccc(Cl)nc1. The monoisotopic (exact) mass is 227 g/mol. The first kappa shape index (κ1) is 11.7. The van der Waals surface area contributed by atoms with Crippen LogP contribution in [0.5, 0.6) is 0 Å². The van der Waals surface area contributed by atoms with Crippen molar-refractivity contribution in [1.29, 1.82) is 0 Å². The summed E-state index contributed by atoms with van der Waals surface area (Å²) in [7, 11) is 1.77. The number of hydrogen-bond donors (Lipinski definition) is 2. The van der Waals surface area contributed by atoms with Crippen LogP contribution in [0.3, 0.4) is 0 Å². The Labute approximate surface area is 93.9 Å². The van der Waals surface area contributed by atoms with Crippen LogP contribution in [0.25, 0.3) is 0 Å². The zero-order chi connectivity index (χ0) is 11.3. The van der Waals surface area contributed by atoms with Crippen LogP contribution in [0.4, 0.5) is 0 Å². The Morgan fingerprint density at radius 1 is 1.67 bits per heavy atom. The summed E-state index contributed by atoms with van der Waals surface area (Å²) in [5.74, 6) is 6.23. The fourth-order valence-corrected chi connectivity index (χ4v) is 1.08. The van der Waals surface area contributed by atoms with Crippen LogP contribution in [0.15, 0.2) is 23.4 Å². The second kappa shape index (κ2) is 5.53. The first-order valence-corrected chi connectivity index (χ1v) is 4.95. The molecule has 82 valence electrons. The minimum Gasteiger partial charge on any atom is -0.371 e. The molecule has 0 saturated heterocycles. The van der Waals surface area contributed by atoms with Gasteiger partial charge in [0, 0.05) is 18.8 Å². The van der Waals surface area contributed by atoms with Crippen molar-refractivity contribution in [2.75, 3.05) is 13.6 Å². The Morgan fingerprint density at radius 3 is 2.87 bits per heavy atom. The van der Waals surface area contributed by atoms with Crippen LogP contribution in [0, 0.1) is 0 Å². The molecule has 1 aromatic rings. The second-order valence-electron chi connectivity index (χ2n) is 2.82. The van der Waals surface area contributed by atoms with Crippen LogP contribution >= 0.6 is 11.6 Å². The molecule has 0 atom stereocenters. The normalized spacial score (nSPS) is 11.3. The smallest absolute Gasteiger partial charge is 0.156 e. The van der Waals surface area contributed by atoms with Crippen molar-refractivity contribution in [2.45, 2.75) is 6.92 Å². The predicted octanol–water partition coefficient (Wildman–Crippen LogP) is 0.812. The maximum absolute atomic E-state index is 5.69. The molecule has 15 heavy (non-hydrogen) atoms. The summed E-state index contributed by atoms with van der Waals surface area (Å²) in [6, 6.07) is 3.53. The van der Waals surface area contributed by atoms with E-state index in [-0.39, 0.29) is 0 Å². The molecule has 0 amide bonds. The number of hydrogen-bond acceptors (Lipinski definition) is 4. The summed E-state index contributed by atoms with van der Waals surface area (Å²) in [6.45, 7) is 2.54. The molecule has 5 nitrogen and oxygen atoms in total. The molecule has 0 unspecified atom stereocenters. The molecular formula is C9H14ClN5. The number of hydrazone groups is 1. The topological polar surface area (TPSA) is 66.5 Å². The van der Waals surface area contributed by atoms with Gasteiger partial charge >= 0.3 is 0 Å². The second-order valence-corrected chi connectivity index (χ2v) is 3.21. The van der Waals surface area contributed by atoms with Crippen LogP contribution in [0.1, 0.15) is 12.5 Å². The van der Waals surface area contributed by atoms with E-state index < -0.39 is 0 Å². The average Bonchev–Trinajstić information content (AvgIpc) is 2.27. The zero-order valence-electron chi connectivity index (χ0n) is 8.74. The number of nitrogens with zero attached hydrogens (tertiary/aromatic N) is 3. The van der Waals surface area contributed by atoms with Crippen LogP contribution in [-0.4, -0.2) is 29.5 Å². The molecule has 3 N–H and O–H groups in total. The van der Waals surface area contributed by atoms with Gasteiger partial charge in [0.1, 0.15) is 5.15 Å². The lowest BCUT2D eigenvalue weighted by atomic mass is 10.2. The highest BCUT2D eigenvalue weighted by Gasteiger charge is 2.02. The highest BCUT2D eigenvalue weighted by Crippen LogP contribution is 2.05. The van der Waals surface area contributed by atoms with E-state index in [0.717, 1.165) is 5.56 Å². The first-order chi connectivity index (χ1) is 7.17. The molecular weight excluding hydrogens is 214 g/mol. The van der Waals surface area contributed by atoms with Gasteiger partial charge in [0.05, 0.1) is 6.54 Å². The third-order valence-corrected chi connectivity index (χ3v) is 2.01. The van der Waals surface area contributed by atoms with Crippen molar-refractivity contribution in [3.8, 4) is 0 Å². The van der Waals surface area contributed by atoms with Gasteiger partial charge in [-0.05, 0) is 19.1 Å². The molecule has 1 heterocycles. The van der Waals surface area contributed by atoms with Crippen LogP contribution < -0.4 is 11.2 Å². The van der Waals surface area contributed by atoms with E-state index in [0.29, 0.717) is 17.5 Å². The lowest BCUT2D eigenvalue weighted by molar-refractivity contribution is 0.316. The minimum absolute atomic E-state index is 0.453. The summed E-state index contributed by atoms with van der Waals surface area (Å²) in [4.78, 5) is 3.97. The number of pyridine rings is 1. The minimum atomic E-state index is 0.453. The zero-order valence-corrected chi connectivity index (χ0v) is 9.49. The third-order valence-electron chi connectivity index (χ3n) is 1.79. The molecule has 0 aliphatic carbocycles. The van der Waals surface area contributed by atoms with Gasteiger partial charge in [-0.3, -0.25) is 0 Å². The molecule has 0 aliphatic rings. The Morgan fingerprint density at radius 2 is 2.40 bits per heavy atom. The molecule has 0 spiro atoms. The maximum atomic E-state index is 5.69. The van der Waals surface area contributed by atoms with Crippen molar-refractivity contribution in [3.63, 3.8) is 0 Å². The fourth-order valence-electron chi connectivity index (χ4n) is 0.967. The lowest BCUT2D eigenvalue weighted by Crippen LogP contribution is -2.30. The van der Waals surface area contributed by atoms with E-state index in [9.17, 15) is 0 Å². The van der Waals surface area contributed by atoms with Crippen molar-refractivity contribution in [2.24, 2.45) is 10.9 Å². The molecule has 0 fully saturated rings. The van der Waals surface area contributed by atoms with Gasteiger partial charge in [0.15, 0.2) is 5.84 Å². The highest BCUT2D eigenvalue weighted by molar-refractivity contribution is 6.29. The van der Waals surface area contributed by atoms with E-state index >= 15 is 0 Å². The number of nitrogens with two attached hydrogens (primary N) is 1. The summed E-state index contributed by atoms with van der Waals surface area (Å²) in [5, 5.41) is 8.90. The van der Waals surface area contributed by atoms with E-state index in [1.807, 2.05) is 13.0 Å². The molecule has 0 saturated carbocycles. The van der Waals surface area contributed by atoms with E-state index in [1.54, 1.807) is 19.3 Å². The Balaban J connectivity index is 2.92. The van der Waals surface area contributed by atoms with Crippen molar-refractivity contribution in [3.05, 3.63) is 29.0 Å². The molecule has 6 heteroatoms. The number of nitrogens with one attached hydrogen (secondary N) is 1. The molecule has 0 aliphatic heterocycles. The van der Waals surface area contributed by atoms with Gasteiger partial charge in [0.25, 0.3) is 0 Å². The van der Waals surface area contributed by atoms with Gasteiger partial charge in [-0.1, -0.05) is 11.6 Å². The van der Waals surface area contributed by atoms with E-state index in [1.165, 1.54) is 5.12 Å². The molecule has 1 aromatic heterocycles. The Bertz CT molecular complexity index is 335. The van der Waals surface area contributed by atoms with E-state index in [2.05, 4.69) is 15.4 Å². The summed E-state index contributed by atoms with van der Waals surface area (Å²) in [6.07, 6.45) is 1.64. The standard InChI is InChI=1S/C9H14ClN5/c1-3-15(11)14-9(12-2)7-4-5-8(10)13-6-7/h4-6H,3,11H2,1-2H3,(H,12,14). The first-order valence-electron chi connectivity index (χ1n) is 4.58. The van der Waals surface area contributed by atoms with Crippen molar-refractivity contribution < 1.29 is 0 Å². The maximum Gasteiger partial charge on any atom is 0.156 e. The summed E-state index contributed by atoms with van der Waals surface area (Å²) in [5.41, 5.74) is 0.839. The van der Waals surface area contributed by atoms with Gasteiger partial charge in [0.2, 0.25) is 0 Å². The number of rotatable bonds is 3. The average molecular weight is 228 g/mol. The number of hydrazine groups is 1. The lowest BCUT2D eigenvalue weighted by Gasteiger charge is -2.12. The van der Waals surface area contributed by atoms with Gasteiger partial charge in [-0.15, -0.1) is 5.10 Å². The quantitative estimate of drug-likeness (QED) is 0.264. The van der Waals surface area contributed by atoms with Crippen LogP contribution in [0.2, 0.25) is 5.15 Å². The van der Waals surface area contributed by atoms with E-state index in [4.69, 9.17) is 17.4 Å². The van der Waals surface area contributed by atoms with Crippen molar-refractivity contribution in [1.82, 2.24) is 15.4 Å². The van der Waals surface area contributed by atoms with Crippen LogP contribution in [-0.2, 0) is 0 Å². The number of aromatic nitrogens is 1. The Hall–Kier alpha value is -1.33. The Kier molecular flexibility index (Phi) is 4.33. The summed E-state index contributed by atoms with van der Waals surface area (Å²) < 4.78 is 0. The predicted molar refractivity (Wildman–Crippen MR) is 61.4 cm³/mol. The molecule has 0 bridgehead atoms. The summed E-state index contributed by atoms with van der Waals surface area (Å²) >= 11 is 5.69. The third kappa shape index (κ3) is 3.38. The highest BCUT2D eigenvalue weighted by atomic mass is 35.5. The van der Waals surface area contributed by atoms with Crippen molar-refractivity contribution >= 4 is 17.4 Å². The molecule has 0 radical (unpaired) electrons. The molecule has 1 rings (SSSR count). The number of amidine groups is 1. The van der Waals surface area contributed by atoms with Gasteiger partial charge < -0.3 is 5.32 Å². The molecule has 0 aromatic carbocycles. The fraction of sp³-hybridized carbons (Fsp3) is 0.333. The number of halogens is 1. The largest absolute Gasteiger partial charge is 0.371 e. The van der Waals surface area contributed by atoms with Gasteiger partial charge in [-0.25, -0.2) is 15.9 Å².